The zero-order valence-electron chi connectivity index (χ0n) is 18.8. The normalized spacial score (nSPS) is 13.4. The Morgan fingerprint density at radius 2 is 1.07 bits per heavy atom. The van der Waals surface area contributed by atoms with Crippen molar-refractivity contribution >= 4 is 11.9 Å². The molecule has 0 aromatic carbocycles. The van der Waals surface area contributed by atoms with Gasteiger partial charge in [0.15, 0.2) is 0 Å². The molecule has 2 atom stereocenters. The predicted molar refractivity (Wildman–Crippen MR) is 116 cm³/mol. The highest BCUT2D eigenvalue weighted by Gasteiger charge is 2.07. The molecule has 0 heterocycles. The molecular formula is C24H44O4. The van der Waals surface area contributed by atoms with Gasteiger partial charge in [0.05, 0.1) is 12.2 Å². The molecule has 0 bridgehead atoms. The van der Waals surface area contributed by atoms with E-state index in [1.807, 2.05) is 27.7 Å². The summed E-state index contributed by atoms with van der Waals surface area (Å²) in [6.45, 7) is 7.92. The van der Waals surface area contributed by atoms with E-state index in [-0.39, 0.29) is 24.1 Å². The van der Waals surface area contributed by atoms with Crippen LogP contribution in [0.25, 0.3) is 0 Å². The first-order valence-electron chi connectivity index (χ1n) is 11.5. The van der Waals surface area contributed by atoms with E-state index in [0.717, 1.165) is 38.5 Å². The third-order valence-corrected chi connectivity index (χ3v) is 5.00. The summed E-state index contributed by atoms with van der Waals surface area (Å²) in [5, 5.41) is 0. The number of esters is 2. The second kappa shape index (κ2) is 19.0. The van der Waals surface area contributed by atoms with Gasteiger partial charge in [0.25, 0.3) is 0 Å². The molecule has 0 rings (SSSR count). The molecule has 0 aliphatic heterocycles. The molecule has 0 aliphatic rings. The van der Waals surface area contributed by atoms with Gasteiger partial charge in [-0.25, -0.2) is 0 Å². The summed E-state index contributed by atoms with van der Waals surface area (Å²) in [6, 6.07) is 0. The van der Waals surface area contributed by atoms with E-state index in [0.29, 0.717) is 12.8 Å². The summed E-state index contributed by atoms with van der Waals surface area (Å²) in [6.07, 6.45) is 18.6. The largest absolute Gasteiger partial charge is 0.463 e. The van der Waals surface area contributed by atoms with Crippen molar-refractivity contribution in [2.45, 2.75) is 130 Å². The Morgan fingerprint density at radius 1 is 0.643 bits per heavy atom. The number of rotatable bonds is 18. The number of ether oxygens (including phenoxy) is 2. The van der Waals surface area contributed by atoms with Gasteiger partial charge in [0, 0.05) is 12.8 Å². The number of hydrogen-bond donors (Lipinski definition) is 0. The Balaban J connectivity index is 3.33. The maximum absolute atomic E-state index is 11.6. The molecular weight excluding hydrogens is 352 g/mol. The van der Waals surface area contributed by atoms with E-state index >= 15 is 0 Å². The summed E-state index contributed by atoms with van der Waals surface area (Å²) in [5.41, 5.74) is 0. The molecule has 4 nitrogen and oxygen atoms in total. The van der Waals surface area contributed by atoms with Crippen molar-refractivity contribution in [2.24, 2.45) is 0 Å². The quantitative estimate of drug-likeness (QED) is 0.143. The van der Waals surface area contributed by atoms with Crippen molar-refractivity contribution in [3.05, 3.63) is 12.2 Å². The standard InChI is InChI=1S/C24H44O4/c1-5-21(3)27-23(25)19-17-15-13-11-9-7-8-10-12-14-16-18-20-24(26)28-22(4)6-2/h13,15,21-22H,5-12,14,16-20H2,1-4H3/b15-13+. The average molecular weight is 397 g/mol. The number of carbonyl (C=O) groups excluding carboxylic acids is 2. The molecule has 0 N–H and O–H groups in total. The Hall–Kier alpha value is -1.32. The van der Waals surface area contributed by atoms with Gasteiger partial charge < -0.3 is 9.47 Å². The van der Waals surface area contributed by atoms with Crippen LogP contribution in [-0.2, 0) is 19.1 Å². The van der Waals surface area contributed by atoms with Crippen LogP contribution in [0.1, 0.15) is 118 Å². The Labute approximate surface area is 173 Å². The number of unbranched alkanes of at least 4 members (excludes halogenated alkanes) is 8. The van der Waals surface area contributed by atoms with E-state index in [1.54, 1.807) is 0 Å². The van der Waals surface area contributed by atoms with Crippen molar-refractivity contribution in [1.82, 2.24) is 0 Å². The lowest BCUT2D eigenvalue weighted by Crippen LogP contribution is -2.13. The molecule has 0 fully saturated rings. The minimum Gasteiger partial charge on any atom is -0.463 e. The lowest BCUT2D eigenvalue weighted by Gasteiger charge is -2.10. The van der Waals surface area contributed by atoms with E-state index in [9.17, 15) is 9.59 Å². The van der Waals surface area contributed by atoms with Crippen LogP contribution in [0.3, 0.4) is 0 Å². The molecule has 164 valence electrons. The SMILES string of the molecule is CCC(C)OC(=O)CC/C=C/CCCCCCCCCCC(=O)OC(C)CC. The number of allylic oxidation sites excluding steroid dienone is 2. The van der Waals surface area contributed by atoms with E-state index in [1.165, 1.54) is 38.5 Å². The topological polar surface area (TPSA) is 52.6 Å². The lowest BCUT2D eigenvalue weighted by atomic mass is 10.1. The summed E-state index contributed by atoms with van der Waals surface area (Å²) in [4.78, 5) is 23.1. The lowest BCUT2D eigenvalue weighted by molar-refractivity contribution is -0.149. The fraction of sp³-hybridized carbons (Fsp3) is 0.833. The van der Waals surface area contributed by atoms with Gasteiger partial charge in [-0.05, 0) is 52.4 Å². The fourth-order valence-electron chi connectivity index (χ4n) is 2.76. The van der Waals surface area contributed by atoms with Gasteiger partial charge in [-0.1, -0.05) is 64.5 Å². The molecule has 0 aliphatic carbocycles. The molecule has 0 saturated carbocycles. The fourth-order valence-corrected chi connectivity index (χ4v) is 2.76. The monoisotopic (exact) mass is 396 g/mol. The second-order valence-electron chi connectivity index (χ2n) is 7.79. The van der Waals surface area contributed by atoms with Crippen LogP contribution in [0.15, 0.2) is 12.2 Å². The predicted octanol–water partition coefficient (Wildman–Crippen LogP) is 6.91. The minimum absolute atomic E-state index is 0.0302. The molecule has 28 heavy (non-hydrogen) atoms. The molecule has 0 spiro atoms. The average Bonchev–Trinajstić information content (AvgIpc) is 2.67. The molecule has 0 radical (unpaired) electrons. The van der Waals surface area contributed by atoms with Gasteiger partial charge in [-0.3, -0.25) is 9.59 Å². The van der Waals surface area contributed by atoms with Crippen LogP contribution in [0, 0.1) is 0 Å². The smallest absolute Gasteiger partial charge is 0.306 e. The van der Waals surface area contributed by atoms with Gasteiger partial charge >= 0.3 is 11.9 Å². The van der Waals surface area contributed by atoms with Crippen LogP contribution in [0.4, 0.5) is 0 Å². The summed E-state index contributed by atoms with van der Waals surface area (Å²) >= 11 is 0. The molecule has 0 saturated heterocycles. The second-order valence-corrected chi connectivity index (χ2v) is 7.79. The van der Waals surface area contributed by atoms with Crippen LogP contribution in [0.2, 0.25) is 0 Å². The maximum atomic E-state index is 11.6. The van der Waals surface area contributed by atoms with Crippen molar-refractivity contribution in [3.63, 3.8) is 0 Å². The number of carbonyl (C=O) groups is 2. The Bertz CT molecular complexity index is 417. The highest BCUT2D eigenvalue weighted by molar-refractivity contribution is 5.69. The van der Waals surface area contributed by atoms with Crippen molar-refractivity contribution in [3.8, 4) is 0 Å². The maximum Gasteiger partial charge on any atom is 0.306 e. The summed E-state index contributed by atoms with van der Waals surface area (Å²) < 4.78 is 10.5. The Kier molecular flexibility index (Phi) is 18.1. The third-order valence-electron chi connectivity index (χ3n) is 5.00. The van der Waals surface area contributed by atoms with Crippen molar-refractivity contribution < 1.29 is 19.1 Å². The van der Waals surface area contributed by atoms with Crippen molar-refractivity contribution in [1.29, 1.82) is 0 Å². The van der Waals surface area contributed by atoms with Crippen LogP contribution in [0.5, 0.6) is 0 Å². The Morgan fingerprint density at radius 3 is 1.61 bits per heavy atom. The first kappa shape index (κ1) is 26.7. The first-order valence-corrected chi connectivity index (χ1v) is 11.5. The van der Waals surface area contributed by atoms with Gasteiger partial charge in [-0.15, -0.1) is 0 Å². The highest BCUT2D eigenvalue weighted by atomic mass is 16.5. The van der Waals surface area contributed by atoms with Gasteiger partial charge in [-0.2, -0.15) is 0 Å². The highest BCUT2D eigenvalue weighted by Crippen LogP contribution is 2.12. The number of hydrogen-bond acceptors (Lipinski definition) is 4. The van der Waals surface area contributed by atoms with E-state index in [4.69, 9.17) is 9.47 Å². The minimum atomic E-state index is -0.0913. The summed E-state index contributed by atoms with van der Waals surface area (Å²) in [5.74, 6) is -0.138. The van der Waals surface area contributed by atoms with Crippen LogP contribution in [-0.4, -0.2) is 24.1 Å². The summed E-state index contributed by atoms with van der Waals surface area (Å²) in [7, 11) is 0. The molecule has 4 heteroatoms. The first-order chi connectivity index (χ1) is 13.5. The molecule has 0 aromatic rings. The third kappa shape index (κ3) is 18.1. The van der Waals surface area contributed by atoms with Crippen molar-refractivity contribution in [2.75, 3.05) is 0 Å². The van der Waals surface area contributed by atoms with Gasteiger partial charge in [0.2, 0.25) is 0 Å². The molecule has 0 amide bonds. The van der Waals surface area contributed by atoms with E-state index in [2.05, 4.69) is 12.2 Å². The van der Waals surface area contributed by atoms with E-state index < -0.39 is 0 Å². The van der Waals surface area contributed by atoms with Crippen LogP contribution < -0.4 is 0 Å². The van der Waals surface area contributed by atoms with Gasteiger partial charge in [0.1, 0.15) is 0 Å². The molecule has 0 aromatic heterocycles. The van der Waals surface area contributed by atoms with Crippen LogP contribution >= 0.6 is 0 Å². The zero-order chi connectivity index (χ0) is 21.0. The molecule has 2 unspecified atom stereocenters. The zero-order valence-corrected chi connectivity index (χ0v) is 18.8.